The summed E-state index contributed by atoms with van der Waals surface area (Å²) in [6, 6.07) is 5.60. The number of halogens is 1. The summed E-state index contributed by atoms with van der Waals surface area (Å²) in [6.45, 7) is 1.48. The molecular weight excluding hydrogens is 328 g/mol. The zero-order valence-corrected chi connectivity index (χ0v) is 15.1. The SMILES string of the molecule is COc1cc(Cl)cc2cc(C(=O)N3CCCCC(N(C)C)C3)oc12. The first kappa shape index (κ1) is 17.1. The quantitative estimate of drug-likeness (QED) is 0.847. The van der Waals surface area contributed by atoms with Crippen molar-refractivity contribution in [3.05, 3.63) is 29.0 Å². The van der Waals surface area contributed by atoms with Crippen LogP contribution in [-0.2, 0) is 0 Å². The summed E-state index contributed by atoms with van der Waals surface area (Å²) >= 11 is 6.09. The standard InChI is InChI=1S/C18H23ClN2O3/c1-20(2)14-6-4-5-7-21(11-14)18(22)16-9-12-8-13(19)10-15(23-3)17(12)24-16/h8-10,14H,4-7,11H2,1-3H3. The van der Waals surface area contributed by atoms with E-state index in [0.29, 0.717) is 28.2 Å². The fraction of sp³-hybridized carbons (Fsp3) is 0.500. The summed E-state index contributed by atoms with van der Waals surface area (Å²) in [5, 5.41) is 1.34. The number of hydrogen-bond donors (Lipinski definition) is 0. The average molecular weight is 351 g/mol. The van der Waals surface area contributed by atoms with Gasteiger partial charge in [0.15, 0.2) is 17.1 Å². The number of benzene rings is 1. The monoisotopic (exact) mass is 350 g/mol. The van der Waals surface area contributed by atoms with Crippen LogP contribution >= 0.6 is 11.6 Å². The van der Waals surface area contributed by atoms with E-state index in [1.807, 2.05) is 4.90 Å². The molecule has 3 rings (SSSR count). The topological polar surface area (TPSA) is 45.9 Å². The molecular formula is C18H23ClN2O3. The molecule has 1 aliphatic heterocycles. The van der Waals surface area contributed by atoms with Crippen molar-refractivity contribution in [2.75, 3.05) is 34.3 Å². The third kappa shape index (κ3) is 3.37. The van der Waals surface area contributed by atoms with Gasteiger partial charge in [-0.05, 0) is 39.1 Å². The third-order valence-electron chi connectivity index (χ3n) is 4.64. The van der Waals surface area contributed by atoms with Gasteiger partial charge in [0, 0.05) is 35.6 Å². The maximum absolute atomic E-state index is 12.9. The summed E-state index contributed by atoms with van der Waals surface area (Å²) in [6.07, 6.45) is 3.27. The van der Waals surface area contributed by atoms with Gasteiger partial charge in [-0.2, -0.15) is 0 Å². The van der Waals surface area contributed by atoms with Crippen LogP contribution in [0.5, 0.6) is 5.75 Å². The number of amides is 1. The molecule has 2 heterocycles. The van der Waals surface area contributed by atoms with Crippen molar-refractivity contribution in [2.24, 2.45) is 0 Å². The lowest BCUT2D eigenvalue weighted by atomic mass is 10.1. The van der Waals surface area contributed by atoms with Crippen LogP contribution in [0, 0.1) is 0 Å². The molecule has 1 unspecified atom stereocenters. The Morgan fingerprint density at radius 1 is 1.33 bits per heavy atom. The van der Waals surface area contributed by atoms with E-state index in [9.17, 15) is 4.79 Å². The van der Waals surface area contributed by atoms with Gasteiger partial charge >= 0.3 is 0 Å². The van der Waals surface area contributed by atoms with E-state index in [2.05, 4.69) is 19.0 Å². The second-order valence-corrected chi connectivity index (χ2v) is 6.94. The fourth-order valence-corrected chi connectivity index (χ4v) is 3.44. The molecule has 0 aliphatic carbocycles. The van der Waals surface area contributed by atoms with Crippen molar-refractivity contribution in [1.82, 2.24) is 9.80 Å². The summed E-state index contributed by atoms with van der Waals surface area (Å²) in [4.78, 5) is 17.0. The molecule has 0 spiro atoms. The van der Waals surface area contributed by atoms with Gasteiger partial charge in [-0.25, -0.2) is 0 Å². The van der Waals surface area contributed by atoms with Crippen LogP contribution in [0.2, 0.25) is 5.02 Å². The number of carbonyl (C=O) groups is 1. The number of carbonyl (C=O) groups excluding carboxylic acids is 1. The fourth-order valence-electron chi connectivity index (χ4n) is 3.22. The van der Waals surface area contributed by atoms with Crippen molar-refractivity contribution in [2.45, 2.75) is 25.3 Å². The first-order valence-corrected chi connectivity index (χ1v) is 8.60. The number of methoxy groups -OCH3 is 1. The molecule has 5 nitrogen and oxygen atoms in total. The minimum absolute atomic E-state index is 0.0712. The number of ether oxygens (including phenoxy) is 1. The number of hydrogen-bond acceptors (Lipinski definition) is 4. The van der Waals surface area contributed by atoms with Crippen molar-refractivity contribution in [3.8, 4) is 5.75 Å². The van der Waals surface area contributed by atoms with Gasteiger partial charge in [-0.15, -0.1) is 0 Å². The molecule has 1 aliphatic rings. The largest absolute Gasteiger partial charge is 0.493 e. The summed E-state index contributed by atoms with van der Waals surface area (Å²) < 4.78 is 11.1. The van der Waals surface area contributed by atoms with E-state index in [0.717, 1.165) is 37.7 Å². The van der Waals surface area contributed by atoms with Gasteiger partial charge in [0.05, 0.1) is 7.11 Å². The molecule has 0 bridgehead atoms. The predicted molar refractivity (Wildman–Crippen MR) is 95.0 cm³/mol. The highest BCUT2D eigenvalue weighted by molar-refractivity contribution is 6.31. The molecule has 1 atom stereocenters. The number of likely N-dealkylation sites (tertiary alicyclic amines) is 1. The number of fused-ring (bicyclic) bond motifs is 1. The van der Waals surface area contributed by atoms with E-state index in [-0.39, 0.29) is 5.91 Å². The first-order valence-electron chi connectivity index (χ1n) is 8.22. The predicted octanol–water partition coefficient (Wildman–Crippen LogP) is 3.65. The zero-order chi connectivity index (χ0) is 17.3. The van der Waals surface area contributed by atoms with Crippen molar-refractivity contribution in [1.29, 1.82) is 0 Å². The van der Waals surface area contributed by atoms with Gasteiger partial charge in [0.1, 0.15) is 0 Å². The summed E-state index contributed by atoms with van der Waals surface area (Å²) in [5.74, 6) is 0.807. The number of nitrogens with zero attached hydrogens (tertiary/aromatic N) is 2. The van der Waals surface area contributed by atoms with E-state index < -0.39 is 0 Å². The summed E-state index contributed by atoms with van der Waals surface area (Å²) in [5.41, 5.74) is 0.559. The van der Waals surface area contributed by atoms with E-state index in [1.165, 1.54) is 0 Å². The average Bonchev–Trinajstić information content (AvgIpc) is 2.81. The third-order valence-corrected chi connectivity index (χ3v) is 4.86. The molecule has 2 aromatic rings. The van der Waals surface area contributed by atoms with E-state index >= 15 is 0 Å². The first-order chi connectivity index (χ1) is 11.5. The van der Waals surface area contributed by atoms with Crippen LogP contribution in [0.3, 0.4) is 0 Å². The molecule has 24 heavy (non-hydrogen) atoms. The van der Waals surface area contributed by atoms with Gasteiger partial charge in [-0.3, -0.25) is 4.79 Å². The molecule has 1 fully saturated rings. The van der Waals surface area contributed by atoms with Crippen molar-refractivity contribution < 1.29 is 13.9 Å². The molecule has 0 saturated carbocycles. The summed E-state index contributed by atoms with van der Waals surface area (Å²) in [7, 11) is 5.69. The van der Waals surface area contributed by atoms with Crippen LogP contribution in [0.1, 0.15) is 29.8 Å². The maximum Gasteiger partial charge on any atom is 0.289 e. The zero-order valence-electron chi connectivity index (χ0n) is 14.3. The molecule has 1 saturated heterocycles. The highest BCUT2D eigenvalue weighted by Crippen LogP contribution is 2.33. The molecule has 0 N–H and O–H groups in total. The molecule has 0 radical (unpaired) electrons. The minimum Gasteiger partial charge on any atom is -0.493 e. The Morgan fingerprint density at radius 3 is 2.83 bits per heavy atom. The lowest BCUT2D eigenvalue weighted by Gasteiger charge is -2.28. The van der Waals surface area contributed by atoms with Gasteiger partial charge in [0.25, 0.3) is 5.91 Å². The Morgan fingerprint density at radius 2 is 2.12 bits per heavy atom. The molecule has 1 aromatic carbocycles. The molecule has 130 valence electrons. The molecule has 6 heteroatoms. The van der Waals surface area contributed by atoms with E-state index in [1.54, 1.807) is 25.3 Å². The molecule has 1 amide bonds. The Balaban J connectivity index is 1.90. The minimum atomic E-state index is -0.0712. The second-order valence-electron chi connectivity index (χ2n) is 6.50. The highest BCUT2D eigenvalue weighted by Gasteiger charge is 2.26. The van der Waals surface area contributed by atoms with E-state index in [4.69, 9.17) is 20.8 Å². The van der Waals surface area contributed by atoms with Crippen LogP contribution in [0.4, 0.5) is 0 Å². The maximum atomic E-state index is 12.9. The smallest absolute Gasteiger partial charge is 0.289 e. The Labute approximate surface area is 147 Å². The Hall–Kier alpha value is -1.72. The Kier molecular flexibility index (Phi) is 5.01. The second kappa shape index (κ2) is 7.03. The van der Waals surface area contributed by atoms with Gasteiger partial charge in [0.2, 0.25) is 0 Å². The van der Waals surface area contributed by atoms with Gasteiger partial charge < -0.3 is 19.0 Å². The van der Waals surface area contributed by atoms with Crippen LogP contribution in [0.25, 0.3) is 11.0 Å². The van der Waals surface area contributed by atoms with Crippen LogP contribution in [-0.4, -0.2) is 56.0 Å². The van der Waals surface area contributed by atoms with Gasteiger partial charge in [-0.1, -0.05) is 18.0 Å². The lowest BCUT2D eigenvalue weighted by molar-refractivity contribution is 0.0696. The van der Waals surface area contributed by atoms with Crippen LogP contribution in [0.15, 0.2) is 22.6 Å². The number of rotatable bonds is 3. The Bertz CT molecular complexity index is 741. The normalized spacial score (nSPS) is 18.9. The van der Waals surface area contributed by atoms with Crippen molar-refractivity contribution >= 4 is 28.5 Å². The lowest BCUT2D eigenvalue weighted by Crippen LogP contribution is -2.41. The van der Waals surface area contributed by atoms with Crippen molar-refractivity contribution in [3.63, 3.8) is 0 Å². The number of likely N-dealkylation sites (N-methyl/N-ethyl adjacent to an activating group) is 1. The molecule has 1 aromatic heterocycles. The number of furan rings is 1. The van der Waals surface area contributed by atoms with Crippen LogP contribution < -0.4 is 4.74 Å². The highest BCUT2D eigenvalue weighted by atomic mass is 35.5.